The Balaban J connectivity index is 2.01. The molecule has 90 valence electrons. The van der Waals surface area contributed by atoms with E-state index in [0.29, 0.717) is 4.84 Å². The van der Waals surface area contributed by atoms with Crippen molar-refractivity contribution in [1.29, 1.82) is 0 Å². The molecule has 18 heavy (non-hydrogen) atoms. The van der Waals surface area contributed by atoms with E-state index < -0.39 is 0 Å². The number of nitrogens with zero attached hydrogens (tertiary/aromatic N) is 1. The van der Waals surface area contributed by atoms with Gasteiger partial charge >= 0.3 is 0 Å². The van der Waals surface area contributed by atoms with Gasteiger partial charge in [-0.1, -0.05) is 36.4 Å². The standard InChI is InChI=1S/C15H13NOS/c1-16-13-8-7-12(10-14(13)17-15(16)18)9-11-5-3-2-4-6-11/h2-8,10H,9H2,1H3. The number of aryl methyl sites for hydroxylation is 1. The molecule has 0 spiro atoms. The molecule has 2 aromatic carbocycles. The van der Waals surface area contributed by atoms with E-state index in [4.69, 9.17) is 16.6 Å². The summed E-state index contributed by atoms with van der Waals surface area (Å²) in [6, 6.07) is 16.7. The van der Waals surface area contributed by atoms with E-state index in [1.54, 1.807) is 0 Å². The number of aromatic nitrogens is 1. The fourth-order valence-electron chi connectivity index (χ4n) is 2.12. The first-order valence-electron chi connectivity index (χ1n) is 5.86. The minimum Gasteiger partial charge on any atom is -0.429 e. The molecule has 1 aromatic heterocycles. The van der Waals surface area contributed by atoms with E-state index in [1.807, 2.05) is 17.7 Å². The summed E-state index contributed by atoms with van der Waals surface area (Å²) in [6.07, 6.45) is 0.911. The van der Waals surface area contributed by atoms with Crippen molar-refractivity contribution in [2.75, 3.05) is 0 Å². The van der Waals surface area contributed by atoms with Gasteiger partial charge < -0.3 is 8.98 Å². The molecule has 0 fully saturated rings. The molecule has 0 aliphatic carbocycles. The first-order valence-corrected chi connectivity index (χ1v) is 6.27. The largest absolute Gasteiger partial charge is 0.429 e. The summed E-state index contributed by atoms with van der Waals surface area (Å²) in [5, 5.41) is 0. The van der Waals surface area contributed by atoms with Crippen molar-refractivity contribution >= 4 is 23.3 Å². The Morgan fingerprint density at radius 3 is 2.61 bits per heavy atom. The van der Waals surface area contributed by atoms with Crippen molar-refractivity contribution < 1.29 is 4.42 Å². The molecule has 0 atom stereocenters. The molecule has 3 aromatic rings. The molecule has 0 saturated heterocycles. The highest BCUT2D eigenvalue weighted by atomic mass is 32.1. The third-order valence-corrected chi connectivity index (χ3v) is 3.46. The summed E-state index contributed by atoms with van der Waals surface area (Å²) in [5.74, 6) is 0. The highest BCUT2D eigenvalue weighted by Gasteiger charge is 2.04. The van der Waals surface area contributed by atoms with Gasteiger partial charge in [0.2, 0.25) is 0 Å². The van der Waals surface area contributed by atoms with Crippen LogP contribution in [0.5, 0.6) is 0 Å². The van der Waals surface area contributed by atoms with Crippen molar-refractivity contribution in [2.45, 2.75) is 6.42 Å². The lowest BCUT2D eigenvalue weighted by atomic mass is 10.0. The van der Waals surface area contributed by atoms with Crippen LogP contribution in [0.3, 0.4) is 0 Å². The average Bonchev–Trinajstić information content (AvgIpc) is 2.66. The predicted molar refractivity (Wildman–Crippen MR) is 75.3 cm³/mol. The minimum absolute atomic E-state index is 0.516. The normalized spacial score (nSPS) is 10.9. The molecule has 0 N–H and O–H groups in total. The first-order chi connectivity index (χ1) is 8.74. The van der Waals surface area contributed by atoms with Crippen molar-refractivity contribution in [3.05, 3.63) is 64.5 Å². The Morgan fingerprint density at radius 2 is 1.83 bits per heavy atom. The van der Waals surface area contributed by atoms with Crippen LogP contribution in [-0.2, 0) is 13.5 Å². The van der Waals surface area contributed by atoms with E-state index in [0.717, 1.165) is 17.5 Å². The Hall–Kier alpha value is -1.87. The average molecular weight is 255 g/mol. The van der Waals surface area contributed by atoms with Gasteiger partial charge in [-0.3, -0.25) is 0 Å². The van der Waals surface area contributed by atoms with Crippen LogP contribution < -0.4 is 0 Å². The SMILES string of the molecule is Cn1c(=S)oc2cc(Cc3ccccc3)ccc21. The number of oxazole rings is 1. The summed E-state index contributed by atoms with van der Waals surface area (Å²) in [6.45, 7) is 0. The van der Waals surface area contributed by atoms with Crippen LogP contribution in [0.2, 0.25) is 0 Å². The molecule has 0 amide bonds. The number of rotatable bonds is 2. The van der Waals surface area contributed by atoms with Gasteiger partial charge in [-0.15, -0.1) is 0 Å². The van der Waals surface area contributed by atoms with Crippen molar-refractivity contribution in [2.24, 2.45) is 7.05 Å². The molecule has 0 unspecified atom stereocenters. The molecule has 3 rings (SSSR count). The third-order valence-electron chi connectivity index (χ3n) is 3.11. The molecule has 0 bridgehead atoms. The first kappa shape index (κ1) is 11.2. The van der Waals surface area contributed by atoms with Gasteiger partial charge in [-0.25, -0.2) is 0 Å². The minimum atomic E-state index is 0.516. The monoisotopic (exact) mass is 255 g/mol. The molecule has 0 radical (unpaired) electrons. The van der Waals surface area contributed by atoms with Crippen LogP contribution in [0.15, 0.2) is 52.9 Å². The maximum Gasteiger partial charge on any atom is 0.269 e. The van der Waals surface area contributed by atoms with Crippen molar-refractivity contribution in [3.8, 4) is 0 Å². The number of hydrogen-bond acceptors (Lipinski definition) is 2. The zero-order chi connectivity index (χ0) is 12.5. The lowest BCUT2D eigenvalue weighted by molar-refractivity contribution is 0.558. The van der Waals surface area contributed by atoms with Gasteiger partial charge in [0.25, 0.3) is 4.84 Å². The smallest absolute Gasteiger partial charge is 0.269 e. The van der Waals surface area contributed by atoms with Gasteiger partial charge in [-0.2, -0.15) is 0 Å². The second kappa shape index (κ2) is 4.42. The number of fused-ring (bicyclic) bond motifs is 1. The maximum absolute atomic E-state index is 5.55. The Morgan fingerprint density at radius 1 is 1.06 bits per heavy atom. The van der Waals surface area contributed by atoms with Gasteiger partial charge in [0, 0.05) is 7.05 Å². The van der Waals surface area contributed by atoms with Crippen LogP contribution in [0.4, 0.5) is 0 Å². The molecule has 0 saturated carbocycles. The predicted octanol–water partition coefficient (Wildman–Crippen LogP) is 4.09. The molecule has 3 heteroatoms. The summed E-state index contributed by atoms with van der Waals surface area (Å²) >= 11 is 5.12. The summed E-state index contributed by atoms with van der Waals surface area (Å²) < 4.78 is 7.44. The Kier molecular flexibility index (Phi) is 2.76. The van der Waals surface area contributed by atoms with Crippen LogP contribution in [0, 0.1) is 4.84 Å². The molecular weight excluding hydrogens is 242 g/mol. The fourth-order valence-corrected chi connectivity index (χ4v) is 2.31. The van der Waals surface area contributed by atoms with Crippen LogP contribution >= 0.6 is 12.2 Å². The number of hydrogen-bond donors (Lipinski definition) is 0. The quantitative estimate of drug-likeness (QED) is 0.642. The Bertz CT molecular complexity index is 740. The molecule has 0 aliphatic heterocycles. The lowest BCUT2D eigenvalue weighted by Crippen LogP contribution is -1.89. The molecular formula is C15H13NOS. The van der Waals surface area contributed by atoms with E-state index in [-0.39, 0.29) is 0 Å². The molecule has 1 heterocycles. The topological polar surface area (TPSA) is 18.1 Å². The van der Waals surface area contributed by atoms with E-state index >= 15 is 0 Å². The highest BCUT2D eigenvalue weighted by Crippen LogP contribution is 2.19. The second-order valence-corrected chi connectivity index (χ2v) is 4.74. The third kappa shape index (κ3) is 1.97. The maximum atomic E-state index is 5.55. The zero-order valence-electron chi connectivity index (χ0n) is 10.1. The van der Waals surface area contributed by atoms with Gasteiger partial charge in [0.1, 0.15) is 0 Å². The van der Waals surface area contributed by atoms with Crippen molar-refractivity contribution in [3.63, 3.8) is 0 Å². The van der Waals surface area contributed by atoms with Crippen LogP contribution in [0.1, 0.15) is 11.1 Å². The molecule has 0 aliphatic rings. The number of benzene rings is 2. The lowest BCUT2D eigenvalue weighted by Gasteiger charge is -2.01. The summed E-state index contributed by atoms with van der Waals surface area (Å²) in [4.78, 5) is 0.516. The van der Waals surface area contributed by atoms with Crippen LogP contribution in [-0.4, -0.2) is 4.57 Å². The van der Waals surface area contributed by atoms with Crippen molar-refractivity contribution in [1.82, 2.24) is 4.57 Å². The second-order valence-electron chi connectivity index (χ2n) is 4.39. The highest BCUT2D eigenvalue weighted by molar-refractivity contribution is 7.71. The van der Waals surface area contributed by atoms with Gasteiger partial charge in [0.05, 0.1) is 5.52 Å². The summed E-state index contributed by atoms with van der Waals surface area (Å²) in [7, 11) is 1.92. The zero-order valence-corrected chi connectivity index (χ0v) is 10.9. The van der Waals surface area contributed by atoms with Crippen LogP contribution in [0.25, 0.3) is 11.1 Å². The molecule has 2 nitrogen and oxygen atoms in total. The fraction of sp³-hybridized carbons (Fsp3) is 0.133. The van der Waals surface area contributed by atoms with E-state index in [9.17, 15) is 0 Å². The van der Waals surface area contributed by atoms with E-state index in [1.165, 1.54) is 11.1 Å². The summed E-state index contributed by atoms with van der Waals surface area (Å²) in [5.41, 5.74) is 4.43. The van der Waals surface area contributed by atoms with E-state index in [2.05, 4.69) is 42.5 Å². The van der Waals surface area contributed by atoms with Gasteiger partial charge in [-0.05, 0) is 41.9 Å². The Labute approximate surface area is 110 Å². The van der Waals surface area contributed by atoms with Gasteiger partial charge in [0.15, 0.2) is 5.58 Å².